The summed E-state index contributed by atoms with van der Waals surface area (Å²) < 4.78 is 0. The van der Waals surface area contributed by atoms with Crippen LogP contribution < -0.4 is 44.6 Å². The minimum absolute atomic E-state index is 0.0913. The van der Waals surface area contributed by atoms with Gasteiger partial charge in [-0.25, -0.2) is 4.79 Å². The van der Waals surface area contributed by atoms with Crippen LogP contribution in [0.2, 0.25) is 0 Å². The number of aliphatic carboxylic acids is 1. The molecule has 0 fully saturated rings. The minimum atomic E-state index is -1.65. The van der Waals surface area contributed by atoms with Crippen LogP contribution in [0, 0.1) is 0 Å². The number of rotatable bonds is 18. The van der Waals surface area contributed by atoms with Crippen LogP contribution in [0.4, 0.5) is 0 Å². The monoisotopic (exact) mass is 503 g/mol. The Hall–Kier alpha value is -3.50. The van der Waals surface area contributed by atoms with E-state index in [4.69, 9.17) is 33.8 Å². The van der Waals surface area contributed by atoms with Crippen molar-refractivity contribution in [2.75, 3.05) is 19.7 Å². The zero-order valence-corrected chi connectivity index (χ0v) is 19.4. The van der Waals surface area contributed by atoms with Crippen LogP contribution >= 0.6 is 0 Å². The molecular weight excluding hydrogens is 466 g/mol. The molecule has 4 amide bonds. The number of guanidine groups is 1. The summed E-state index contributed by atoms with van der Waals surface area (Å²) >= 11 is 0. The first kappa shape index (κ1) is 31.5. The Labute approximate surface area is 202 Å². The van der Waals surface area contributed by atoms with Crippen molar-refractivity contribution in [2.24, 2.45) is 33.7 Å². The van der Waals surface area contributed by atoms with Gasteiger partial charge in [-0.15, -0.1) is 0 Å². The van der Waals surface area contributed by atoms with Crippen molar-refractivity contribution in [1.29, 1.82) is 0 Å². The second-order valence-electron chi connectivity index (χ2n) is 7.71. The molecule has 16 nitrogen and oxygen atoms in total. The Morgan fingerprint density at radius 3 is 1.89 bits per heavy atom. The summed E-state index contributed by atoms with van der Waals surface area (Å²) in [6.07, 6.45) is 1.14. The largest absolute Gasteiger partial charge is 0.480 e. The molecular formula is C19H37N9O7. The standard InChI is InChI=1S/C19H37N9O7/c20-6-2-1-5-11(26-15(31)10(21)4-3-7-25-19(23)24)16(32)28-13(9-29)17(33)27-12(18(34)35)8-14(22)30/h10-13,29H,1-9,20-21H2,(H2,22,30)(H,26,31)(H,27,33)(H,28,32)(H,34,35)(H4,23,24,25). The van der Waals surface area contributed by atoms with Crippen LogP contribution in [-0.2, 0) is 24.0 Å². The molecule has 16 heteroatoms. The van der Waals surface area contributed by atoms with Crippen molar-refractivity contribution < 1.29 is 34.2 Å². The summed E-state index contributed by atoms with van der Waals surface area (Å²) in [5.41, 5.74) is 26.8. The lowest BCUT2D eigenvalue weighted by Crippen LogP contribution is -2.58. The Kier molecular flexibility index (Phi) is 15.3. The van der Waals surface area contributed by atoms with E-state index in [1.807, 2.05) is 5.32 Å². The lowest BCUT2D eigenvalue weighted by molar-refractivity contribution is -0.144. The van der Waals surface area contributed by atoms with Crippen LogP contribution in [0.25, 0.3) is 0 Å². The smallest absolute Gasteiger partial charge is 0.326 e. The summed E-state index contributed by atoms with van der Waals surface area (Å²) in [5, 5.41) is 25.4. The molecule has 15 N–H and O–H groups in total. The maximum Gasteiger partial charge on any atom is 0.326 e. The molecule has 200 valence electrons. The SMILES string of the molecule is NCCCCC(NC(=O)C(N)CCCN=C(N)N)C(=O)NC(CO)C(=O)NC(CC(N)=O)C(=O)O. The zero-order valence-electron chi connectivity index (χ0n) is 19.4. The van der Waals surface area contributed by atoms with E-state index in [2.05, 4.69) is 15.6 Å². The van der Waals surface area contributed by atoms with Crippen molar-refractivity contribution in [3.05, 3.63) is 0 Å². The highest BCUT2D eigenvalue weighted by Gasteiger charge is 2.30. The number of hydrogen-bond donors (Lipinski definition) is 10. The van der Waals surface area contributed by atoms with E-state index in [0.29, 0.717) is 25.8 Å². The van der Waals surface area contributed by atoms with Gasteiger partial charge in [0.25, 0.3) is 0 Å². The molecule has 0 aromatic heterocycles. The molecule has 0 aromatic carbocycles. The van der Waals surface area contributed by atoms with Gasteiger partial charge in [-0.2, -0.15) is 0 Å². The molecule has 0 saturated carbocycles. The van der Waals surface area contributed by atoms with Crippen LogP contribution in [0.1, 0.15) is 38.5 Å². The first-order valence-corrected chi connectivity index (χ1v) is 11.0. The summed E-state index contributed by atoms with van der Waals surface area (Å²) in [4.78, 5) is 63.6. The van der Waals surface area contributed by atoms with Crippen LogP contribution in [0.15, 0.2) is 4.99 Å². The highest BCUT2D eigenvalue weighted by molar-refractivity contribution is 5.94. The number of nitrogens with one attached hydrogen (secondary N) is 3. The first-order chi connectivity index (χ1) is 16.4. The van der Waals surface area contributed by atoms with E-state index in [1.54, 1.807) is 0 Å². The highest BCUT2D eigenvalue weighted by Crippen LogP contribution is 2.04. The van der Waals surface area contributed by atoms with Gasteiger partial charge in [-0.1, -0.05) is 0 Å². The first-order valence-electron chi connectivity index (χ1n) is 11.0. The Bertz CT molecular complexity index is 759. The number of unbranched alkanes of at least 4 members (excludes halogenated alkanes) is 1. The predicted molar refractivity (Wildman–Crippen MR) is 125 cm³/mol. The fraction of sp³-hybridized carbons (Fsp3) is 0.684. The van der Waals surface area contributed by atoms with E-state index in [1.165, 1.54) is 0 Å². The second-order valence-corrected chi connectivity index (χ2v) is 7.71. The number of aliphatic imine (C=N–C) groups is 1. The van der Waals surface area contributed by atoms with Gasteiger partial charge >= 0.3 is 5.97 Å². The number of carbonyl (C=O) groups excluding carboxylic acids is 4. The quantitative estimate of drug-likeness (QED) is 0.0479. The third-order valence-corrected chi connectivity index (χ3v) is 4.72. The van der Waals surface area contributed by atoms with Gasteiger partial charge in [-0.3, -0.25) is 24.2 Å². The molecule has 0 aliphatic heterocycles. The predicted octanol–water partition coefficient (Wildman–Crippen LogP) is -5.10. The number of carboxylic acid groups (broad SMARTS) is 1. The normalized spacial score (nSPS) is 14.0. The van der Waals surface area contributed by atoms with Gasteiger partial charge in [0.05, 0.1) is 19.1 Å². The molecule has 0 bridgehead atoms. The number of amides is 4. The average molecular weight is 504 g/mol. The average Bonchev–Trinajstić information content (AvgIpc) is 2.78. The molecule has 0 heterocycles. The van der Waals surface area contributed by atoms with Crippen molar-refractivity contribution in [3.8, 4) is 0 Å². The van der Waals surface area contributed by atoms with E-state index in [9.17, 15) is 29.1 Å². The summed E-state index contributed by atoms with van der Waals surface area (Å²) in [6.45, 7) is -0.261. The third kappa shape index (κ3) is 13.7. The molecule has 0 aliphatic carbocycles. The molecule has 0 spiro atoms. The van der Waals surface area contributed by atoms with E-state index >= 15 is 0 Å². The fourth-order valence-electron chi connectivity index (χ4n) is 2.83. The van der Waals surface area contributed by atoms with Gasteiger partial charge < -0.3 is 54.8 Å². The summed E-state index contributed by atoms with van der Waals surface area (Å²) in [6, 6.07) is -5.28. The van der Waals surface area contributed by atoms with Crippen LogP contribution in [0.5, 0.6) is 0 Å². The summed E-state index contributed by atoms with van der Waals surface area (Å²) in [7, 11) is 0. The maximum atomic E-state index is 12.8. The second kappa shape index (κ2) is 17.0. The lowest BCUT2D eigenvalue weighted by Gasteiger charge is -2.24. The molecule has 4 unspecified atom stereocenters. The zero-order chi connectivity index (χ0) is 27.0. The third-order valence-electron chi connectivity index (χ3n) is 4.72. The molecule has 35 heavy (non-hydrogen) atoms. The van der Waals surface area contributed by atoms with Crippen molar-refractivity contribution in [1.82, 2.24) is 16.0 Å². The number of carboxylic acids is 1. The fourth-order valence-corrected chi connectivity index (χ4v) is 2.83. The molecule has 0 saturated heterocycles. The number of nitrogens with two attached hydrogens (primary N) is 5. The molecule has 0 aliphatic rings. The van der Waals surface area contributed by atoms with Gasteiger partial charge in [-0.05, 0) is 38.6 Å². The topological polar surface area (TPSA) is 304 Å². The molecule has 0 aromatic rings. The van der Waals surface area contributed by atoms with Crippen LogP contribution in [0.3, 0.4) is 0 Å². The van der Waals surface area contributed by atoms with E-state index < -0.39 is 66.8 Å². The number of carbonyl (C=O) groups is 5. The van der Waals surface area contributed by atoms with Crippen LogP contribution in [-0.4, -0.2) is 89.6 Å². The van der Waals surface area contributed by atoms with Gasteiger partial charge in [0.1, 0.15) is 18.1 Å². The summed E-state index contributed by atoms with van der Waals surface area (Å²) in [5.74, 6) is -5.08. The van der Waals surface area contributed by atoms with Crippen molar-refractivity contribution in [2.45, 2.75) is 62.7 Å². The molecule has 0 radical (unpaired) electrons. The highest BCUT2D eigenvalue weighted by atomic mass is 16.4. The number of hydrogen-bond acceptors (Lipinski definition) is 9. The number of aliphatic hydroxyl groups excluding tert-OH is 1. The van der Waals surface area contributed by atoms with Crippen molar-refractivity contribution >= 4 is 35.6 Å². The van der Waals surface area contributed by atoms with Crippen molar-refractivity contribution in [3.63, 3.8) is 0 Å². The number of aliphatic hydroxyl groups is 1. The number of nitrogens with zero attached hydrogens (tertiary/aromatic N) is 1. The Morgan fingerprint density at radius 1 is 0.800 bits per heavy atom. The Balaban J connectivity index is 5.20. The van der Waals surface area contributed by atoms with Gasteiger partial charge in [0.2, 0.25) is 23.6 Å². The van der Waals surface area contributed by atoms with E-state index in [-0.39, 0.29) is 25.3 Å². The van der Waals surface area contributed by atoms with E-state index in [0.717, 1.165) is 0 Å². The minimum Gasteiger partial charge on any atom is -0.480 e. The number of primary amides is 1. The lowest BCUT2D eigenvalue weighted by atomic mass is 10.1. The molecule has 0 rings (SSSR count). The van der Waals surface area contributed by atoms with Gasteiger partial charge in [0.15, 0.2) is 5.96 Å². The van der Waals surface area contributed by atoms with Gasteiger partial charge in [0, 0.05) is 6.54 Å². The molecule has 4 atom stereocenters. The Morgan fingerprint density at radius 2 is 1.37 bits per heavy atom. The maximum absolute atomic E-state index is 12.8.